The molecule has 0 aliphatic carbocycles. The number of aliphatic hydroxyl groups is 10. The zero-order valence-corrected chi connectivity index (χ0v) is 35.5. The van der Waals surface area contributed by atoms with E-state index in [0.29, 0.717) is 18.3 Å². The van der Waals surface area contributed by atoms with Crippen molar-refractivity contribution in [3.63, 3.8) is 0 Å². The fourth-order valence-electron chi connectivity index (χ4n) is 5.27. The van der Waals surface area contributed by atoms with Crippen molar-refractivity contribution in [1.29, 1.82) is 0 Å². The summed E-state index contributed by atoms with van der Waals surface area (Å²) in [5, 5.41) is 107. The Labute approximate surface area is 338 Å². The number of aromatic nitrogens is 3. The third-order valence-corrected chi connectivity index (χ3v) is 9.70. The van der Waals surface area contributed by atoms with Crippen molar-refractivity contribution in [3.8, 4) is 0 Å². The summed E-state index contributed by atoms with van der Waals surface area (Å²) in [6, 6.07) is 0. The van der Waals surface area contributed by atoms with Crippen molar-refractivity contribution in [2.24, 2.45) is 0 Å². The molecule has 4 heterocycles. The standard InChI is InChI=1S/C18H31O15.C12H22N3O2Si.Ac/c19-1-6-10(24)11(25)13(27)17(30-6)33-16-8(3-21)31-18(14(28)12(16)26)32-15-7(2-20)29-4-5(22)9(15)23;1-7-12(3,15-8-10(2)13-14-15)11(16)17-9-18(4,5)6;/h4-28H,1-3H2;8H,2,7,9H2,1,3-6H3;/q2*-1;/t5?,6?,7?,8?,9-,10-,11+,12-,13?,14?,15-,16-,17-,18-;;/m1../s1. The second-order valence-corrected chi connectivity index (χ2v) is 19.4. The molecule has 22 heteroatoms. The van der Waals surface area contributed by atoms with Crippen LogP contribution in [0, 0.1) is 57.6 Å². The van der Waals surface area contributed by atoms with E-state index < -0.39 is 119 Å². The van der Waals surface area contributed by atoms with Crippen LogP contribution in [-0.4, -0.2) is 192 Å². The number of carbonyl (C=O) groups excluding carboxylic acids is 1. The van der Waals surface area contributed by atoms with Gasteiger partial charge in [-0.1, -0.05) is 43.7 Å². The zero-order valence-electron chi connectivity index (χ0n) is 29.7. The number of rotatable bonds is 12. The van der Waals surface area contributed by atoms with Gasteiger partial charge in [0, 0.05) is 44.1 Å². The smallest absolute Gasteiger partial charge is 0.331 e. The number of ether oxygens (including phenoxy) is 6. The summed E-state index contributed by atoms with van der Waals surface area (Å²) >= 11 is 0. The van der Waals surface area contributed by atoms with Crippen LogP contribution in [0.4, 0.5) is 0 Å². The van der Waals surface area contributed by atoms with Crippen LogP contribution in [0.5, 0.6) is 0 Å². The average molecular weight is 983 g/mol. The first kappa shape index (κ1) is 47.7. The van der Waals surface area contributed by atoms with Crippen LogP contribution in [0.25, 0.3) is 0 Å². The summed E-state index contributed by atoms with van der Waals surface area (Å²) in [5.74, 6) is -0.252. The SMILES string of the molecule is OCC1O[C@H](O[C@@H]2C(CO)O[C@H](O[C@@H]3C(CO)O[CH-]C(O)[C@H]3O)C(O)[C@H]2O)C(O)[C@@H](O)[C@@H]1O.[Ac].[CH2-]c1cn(C(C)(CC)C(=O)OC[Si](C)(C)C)nn1. The Morgan fingerprint density at radius 3 is 1.87 bits per heavy atom. The van der Waals surface area contributed by atoms with Gasteiger partial charge in [0.2, 0.25) is 0 Å². The van der Waals surface area contributed by atoms with Crippen molar-refractivity contribution in [2.45, 2.75) is 131 Å². The van der Waals surface area contributed by atoms with Gasteiger partial charge >= 0.3 is 5.97 Å². The number of carbonyl (C=O) groups is 1. The predicted octanol–water partition coefficient (Wildman–Crippen LogP) is -4.72. The number of hydrogen-bond acceptors (Lipinski definition) is 19. The van der Waals surface area contributed by atoms with Crippen LogP contribution in [-0.2, 0) is 38.8 Å². The van der Waals surface area contributed by atoms with Gasteiger partial charge in [0.05, 0.1) is 46.3 Å². The third-order valence-electron chi connectivity index (χ3n) is 8.69. The summed E-state index contributed by atoms with van der Waals surface area (Å²) in [6.45, 7) is 12.7. The molecule has 3 fully saturated rings. The molecule has 0 saturated carbocycles. The summed E-state index contributed by atoms with van der Waals surface area (Å²) in [7, 11) is -1.41. The molecule has 20 nitrogen and oxygen atoms in total. The molecule has 4 rings (SSSR count). The molecule has 0 spiro atoms. The molecular formula is C30H53AcN3O17Si-2. The van der Waals surface area contributed by atoms with E-state index in [4.69, 9.17) is 28.4 Å². The van der Waals surface area contributed by atoms with Crippen LogP contribution in [0.2, 0.25) is 19.6 Å². The van der Waals surface area contributed by atoms with E-state index in [1.807, 2.05) is 13.8 Å². The monoisotopic (exact) mass is 982 g/mol. The van der Waals surface area contributed by atoms with Crippen LogP contribution in [0.15, 0.2) is 6.20 Å². The summed E-state index contributed by atoms with van der Waals surface area (Å²) in [4.78, 5) is 12.2. The van der Waals surface area contributed by atoms with Crippen molar-refractivity contribution < 1.29 is 128 Å². The van der Waals surface area contributed by atoms with E-state index in [-0.39, 0.29) is 50.0 Å². The van der Waals surface area contributed by atoms with Crippen molar-refractivity contribution in [3.05, 3.63) is 25.4 Å². The van der Waals surface area contributed by atoms with Gasteiger partial charge in [-0.3, -0.25) is 0 Å². The van der Waals surface area contributed by atoms with E-state index in [0.717, 1.165) is 6.61 Å². The first-order valence-corrected chi connectivity index (χ1v) is 20.2. The van der Waals surface area contributed by atoms with Gasteiger partial charge in [0.15, 0.2) is 12.6 Å². The number of nitrogens with zero attached hydrogens (tertiary/aromatic N) is 3. The minimum absolute atomic E-state index is 0. The van der Waals surface area contributed by atoms with Gasteiger partial charge < -0.3 is 84.2 Å². The molecule has 3 aliphatic heterocycles. The largest absolute Gasteiger partial charge is 0.544 e. The second-order valence-electron chi connectivity index (χ2n) is 14.0. The van der Waals surface area contributed by atoms with Gasteiger partial charge in [0.25, 0.3) is 0 Å². The van der Waals surface area contributed by atoms with E-state index in [1.54, 1.807) is 10.9 Å². The van der Waals surface area contributed by atoms with Crippen LogP contribution >= 0.6 is 0 Å². The Morgan fingerprint density at radius 1 is 0.865 bits per heavy atom. The Bertz CT molecular complexity index is 1230. The predicted molar refractivity (Wildman–Crippen MR) is 172 cm³/mol. The van der Waals surface area contributed by atoms with E-state index in [2.05, 4.69) is 36.9 Å². The molecule has 1 radical (unpaired) electrons. The molecule has 1 aromatic rings. The van der Waals surface area contributed by atoms with Crippen molar-refractivity contribution in [2.75, 3.05) is 26.1 Å². The first-order valence-electron chi connectivity index (χ1n) is 16.4. The summed E-state index contributed by atoms with van der Waals surface area (Å²) in [5.41, 5.74) is -0.254. The molecule has 52 heavy (non-hydrogen) atoms. The maximum atomic E-state index is 12.2. The Morgan fingerprint density at radius 2 is 1.38 bits per heavy atom. The molecule has 0 aromatic carbocycles. The minimum Gasteiger partial charge on any atom is -0.544 e. The first-order chi connectivity index (χ1) is 23.8. The van der Waals surface area contributed by atoms with Gasteiger partial charge in [-0.25, -0.2) is 11.7 Å². The van der Waals surface area contributed by atoms with E-state index in [1.165, 1.54) is 0 Å². The van der Waals surface area contributed by atoms with Gasteiger partial charge in [0.1, 0.15) is 60.5 Å². The maximum Gasteiger partial charge on any atom is 0.331 e. The minimum atomic E-state index is -1.85. The normalized spacial score (nSPS) is 37.9. The Kier molecular flexibility index (Phi) is 18.9. The van der Waals surface area contributed by atoms with Crippen LogP contribution in [0.3, 0.4) is 0 Å². The van der Waals surface area contributed by atoms with E-state index in [9.17, 15) is 55.9 Å². The van der Waals surface area contributed by atoms with Gasteiger partial charge in [-0.05, 0) is 19.4 Å². The topological polar surface area (TPSA) is 305 Å². The number of esters is 1. The zero-order chi connectivity index (χ0) is 38.4. The molecular weight excluding hydrogens is 929 g/mol. The van der Waals surface area contributed by atoms with Gasteiger partial charge in [-0.2, -0.15) is 11.7 Å². The molecule has 10 N–H and O–H groups in total. The number of hydrogen-bond donors (Lipinski definition) is 10. The average Bonchev–Trinajstić information content (AvgIpc) is 3.55. The van der Waals surface area contributed by atoms with Gasteiger partial charge in [-0.15, -0.1) is 0 Å². The van der Waals surface area contributed by atoms with Crippen molar-refractivity contribution in [1.82, 2.24) is 15.0 Å². The molecule has 299 valence electrons. The van der Waals surface area contributed by atoms with Crippen LogP contribution < -0.4 is 0 Å². The molecule has 7 unspecified atom stereocenters. The molecule has 1 aromatic heterocycles. The third kappa shape index (κ3) is 11.5. The summed E-state index contributed by atoms with van der Waals surface area (Å²) < 4.78 is 33.6. The van der Waals surface area contributed by atoms with Crippen LogP contribution in [0.1, 0.15) is 26.0 Å². The quantitative estimate of drug-likeness (QED) is 0.0535. The molecule has 15 atom stereocenters. The van der Waals surface area contributed by atoms with E-state index >= 15 is 0 Å². The fourth-order valence-corrected chi connectivity index (χ4v) is 5.83. The Hall–Kier alpha value is -0.462. The maximum absolute atomic E-state index is 12.2. The summed E-state index contributed by atoms with van der Waals surface area (Å²) in [6.07, 6.45) is -19.2. The molecule has 3 saturated heterocycles. The number of aliphatic hydroxyl groups excluding tert-OH is 10. The molecule has 3 aliphatic rings. The Balaban J connectivity index is 0.000000419. The fraction of sp³-hybridized carbons (Fsp3) is 0.833. The molecule has 0 amide bonds. The molecule has 0 bridgehead atoms. The second kappa shape index (κ2) is 20.6. The van der Waals surface area contributed by atoms with Crippen molar-refractivity contribution >= 4 is 14.0 Å².